The molecule has 1 fully saturated rings. The fourth-order valence-electron chi connectivity index (χ4n) is 3.70. The van der Waals surface area contributed by atoms with Crippen LogP contribution < -0.4 is 5.32 Å². The first-order valence-corrected chi connectivity index (χ1v) is 11.4. The first-order valence-electron chi connectivity index (χ1n) is 10.0. The highest BCUT2D eigenvalue weighted by Gasteiger charge is 2.35. The minimum Gasteiger partial charge on any atom is -0.455 e. The molecule has 0 unspecified atom stereocenters. The number of fused-ring (bicyclic) bond motifs is 1. The van der Waals surface area contributed by atoms with Crippen LogP contribution in [0.4, 0.5) is 0 Å². The van der Waals surface area contributed by atoms with Gasteiger partial charge in [-0.05, 0) is 37.8 Å². The fraction of sp³-hybridized carbons (Fsp3) is 0.550. The van der Waals surface area contributed by atoms with E-state index in [1.807, 2.05) is 18.7 Å². The van der Waals surface area contributed by atoms with Crippen LogP contribution in [0, 0.1) is 5.92 Å². The highest BCUT2D eigenvalue weighted by atomic mass is 32.2. The zero-order valence-electron chi connectivity index (χ0n) is 16.8. The summed E-state index contributed by atoms with van der Waals surface area (Å²) in [6.07, 6.45) is 2.98. The van der Waals surface area contributed by atoms with Gasteiger partial charge in [0.25, 0.3) is 15.9 Å². The van der Waals surface area contributed by atoms with E-state index in [0.717, 1.165) is 12.8 Å². The number of nitrogens with one attached hydrogen (secondary N) is 1. The molecule has 1 saturated heterocycles. The Kier molecular flexibility index (Phi) is 6.56. The second-order valence-corrected chi connectivity index (χ2v) is 8.93. The third kappa shape index (κ3) is 4.77. The Morgan fingerprint density at radius 2 is 2.00 bits per heavy atom. The molecule has 1 amide bonds. The molecule has 8 nitrogen and oxygen atoms in total. The Hall–Kier alpha value is -2.42. The Bertz CT molecular complexity index is 908. The highest BCUT2D eigenvalue weighted by Crippen LogP contribution is 2.29. The lowest BCUT2D eigenvalue weighted by molar-refractivity contribution is -0.154. The third-order valence-electron chi connectivity index (χ3n) is 5.36. The van der Waals surface area contributed by atoms with Crippen LogP contribution >= 0.6 is 0 Å². The predicted octanol–water partition coefficient (Wildman–Crippen LogP) is 1.70. The lowest BCUT2D eigenvalue weighted by atomic mass is 9.97. The molecule has 0 aromatic heterocycles. The van der Waals surface area contributed by atoms with Gasteiger partial charge in [0, 0.05) is 24.7 Å². The van der Waals surface area contributed by atoms with Gasteiger partial charge in [0.05, 0.1) is 5.92 Å². The minimum atomic E-state index is -3.70. The van der Waals surface area contributed by atoms with Crippen molar-refractivity contribution < 1.29 is 22.7 Å². The molecule has 3 rings (SSSR count). The Morgan fingerprint density at radius 1 is 1.28 bits per heavy atom. The monoisotopic (exact) mass is 421 g/mol. The van der Waals surface area contributed by atoms with E-state index in [1.165, 1.54) is 6.07 Å². The zero-order valence-corrected chi connectivity index (χ0v) is 17.6. The Balaban J connectivity index is 1.61. The van der Waals surface area contributed by atoms with Crippen LogP contribution in [0.1, 0.15) is 45.1 Å². The molecule has 29 heavy (non-hydrogen) atoms. The summed E-state index contributed by atoms with van der Waals surface area (Å²) in [6, 6.07) is 6.77. The van der Waals surface area contributed by atoms with Crippen molar-refractivity contribution in [3.05, 3.63) is 29.8 Å². The second kappa shape index (κ2) is 8.94. The topological polar surface area (TPSA) is 105 Å². The summed E-state index contributed by atoms with van der Waals surface area (Å²) in [7, 11) is -3.70. The number of benzene rings is 1. The number of carbonyl (C=O) groups excluding carboxylic acids is 2. The summed E-state index contributed by atoms with van der Waals surface area (Å²) >= 11 is 0. The quantitative estimate of drug-likeness (QED) is 0.701. The molecular weight excluding hydrogens is 394 g/mol. The summed E-state index contributed by atoms with van der Waals surface area (Å²) < 4.78 is 33.7. The first-order chi connectivity index (χ1) is 13.9. The number of hydrogen-bond acceptors (Lipinski definition) is 6. The minimum absolute atomic E-state index is 0.0776. The van der Waals surface area contributed by atoms with Crippen molar-refractivity contribution in [1.82, 2.24) is 10.2 Å². The molecule has 1 aromatic carbocycles. The van der Waals surface area contributed by atoms with E-state index in [0.29, 0.717) is 37.3 Å². The van der Waals surface area contributed by atoms with Crippen LogP contribution in [0.2, 0.25) is 0 Å². The zero-order chi connectivity index (χ0) is 21.0. The summed E-state index contributed by atoms with van der Waals surface area (Å²) in [5.41, 5.74) is 0.561. The molecule has 1 atom stereocenters. The molecular formula is C20H27N3O5S. The maximum absolute atomic E-state index is 12.5. The van der Waals surface area contributed by atoms with E-state index in [1.54, 1.807) is 18.2 Å². The van der Waals surface area contributed by atoms with Gasteiger partial charge in [-0.1, -0.05) is 26.0 Å². The van der Waals surface area contributed by atoms with E-state index in [4.69, 9.17) is 4.74 Å². The average molecular weight is 422 g/mol. The van der Waals surface area contributed by atoms with Crippen molar-refractivity contribution in [2.45, 2.75) is 50.5 Å². The molecule has 158 valence electrons. The van der Waals surface area contributed by atoms with Crippen molar-refractivity contribution in [1.29, 1.82) is 0 Å². The molecule has 2 heterocycles. The van der Waals surface area contributed by atoms with Crippen molar-refractivity contribution in [3.8, 4) is 0 Å². The Morgan fingerprint density at radius 3 is 2.72 bits per heavy atom. The largest absolute Gasteiger partial charge is 0.455 e. The van der Waals surface area contributed by atoms with Crippen LogP contribution in [-0.4, -0.2) is 56.8 Å². The normalized spacial score (nSPS) is 20.2. The van der Waals surface area contributed by atoms with Gasteiger partial charge in [-0.3, -0.25) is 9.59 Å². The van der Waals surface area contributed by atoms with Crippen molar-refractivity contribution in [2.75, 3.05) is 19.7 Å². The molecule has 2 aliphatic heterocycles. The van der Waals surface area contributed by atoms with Crippen molar-refractivity contribution in [3.63, 3.8) is 0 Å². The van der Waals surface area contributed by atoms with Crippen molar-refractivity contribution >= 4 is 27.7 Å². The van der Waals surface area contributed by atoms with E-state index in [2.05, 4.69) is 9.71 Å². The van der Waals surface area contributed by atoms with Crippen LogP contribution in [0.3, 0.4) is 0 Å². The van der Waals surface area contributed by atoms with Crippen LogP contribution in [-0.2, 0) is 24.3 Å². The molecule has 2 aliphatic rings. The van der Waals surface area contributed by atoms with E-state index in [9.17, 15) is 18.0 Å². The standard InChI is InChI=1S/C20H27N3O5S/c1-3-15(4-2)21-18(24)13-28-20(25)14-8-7-11-23(12-14)19-16-9-5-6-10-17(16)29(26,27)22-19/h5-6,9-10,14-15H,3-4,7-8,11-13H2,1-2H3,(H,21,24)/t14-/m0/s1. The summed E-state index contributed by atoms with van der Waals surface area (Å²) in [5, 5.41) is 2.84. The summed E-state index contributed by atoms with van der Waals surface area (Å²) in [6.45, 7) is 4.60. The number of ether oxygens (including phenoxy) is 1. The average Bonchev–Trinajstić information content (AvgIpc) is 3.01. The highest BCUT2D eigenvalue weighted by molar-refractivity contribution is 7.90. The number of hydrogen-bond donors (Lipinski definition) is 1. The van der Waals surface area contributed by atoms with E-state index < -0.39 is 21.9 Å². The van der Waals surface area contributed by atoms with Gasteiger partial charge >= 0.3 is 5.97 Å². The van der Waals surface area contributed by atoms with Crippen LogP contribution in [0.25, 0.3) is 0 Å². The van der Waals surface area contributed by atoms with Gasteiger partial charge < -0.3 is 15.0 Å². The number of likely N-dealkylation sites (tertiary alicyclic amines) is 1. The van der Waals surface area contributed by atoms with E-state index in [-0.39, 0.29) is 23.5 Å². The molecule has 0 saturated carbocycles. The van der Waals surface area contributed by atoms with E-state index >= 15 is 0 Å². The molecule has 9 heteroatoms. The summed E-state index contributed by atoms with van der Waals surface area (Å²) in [5.74, 6) is -0.795. The van der Waals surface area contributed by atoms with Crippen LogP contribution in [0.15, 0.2) is 33.6 Å². The van der Waals surface area contributed by atoms with Crippen molar-refractivity contribution in [2.24, 2.45) is 10.3 Å². The van der Waals surface area contributed by atoms with Gasteiger partial charge in [-0.15, -0.1) is 4.40 Å². The number of nitrogens with zero attached hydrogens (tertiary/aromatic N) is 2. The molecule has 0 aliphatic carbocycles. The number of piperidine rings is 1. The first kappa shape index (κ1) is 21.3. The smallest absolute Gasteiger partial charge is 0.311 e. The number of amides is 1. The number of sulfonamides is 1. The molecule has 0 spiro atoms. The number of esters is 1. The number of amidine groups is 1. The van der Waals surface area contributed by atoms with Gasteiger partial charge in [-0.2, -0.15) is 8.42 Å². The maximum atomic E-state index is 12.5. The lowest BCUT2D eigenvalue weighted by Gasteiger charge is -2.32. The molecule has 1 N–H and O–H groups in total. The molecule has 0 bridgehead atoms. The fourth-order valence-corrected chi connectivity index (χ4v) is 4.92. The van der Waals surface area contributed by atoms with Crippen LogP contribution in [0.5, 0.6) is 0 Å². The van der Waals surface area contributed by atoms with Gasteiger partial charge in [0.2, 0.25) is 0 Å². The van der Waals surface area contributed by atoms with Gasteiger partial charge in [0.1, 0.15) is 4.90 Å². The third-order valence-corrected chi connectivity index (χ3v) is 6.69. The Labute approximate surface area is 171 Å². The molecule has 0 radical (unpaired) electrons. The number of rotatable bonds is 6. The predicted molar refractivity (Wildman–Crippen MR) is 108 cm³/mol. The van der Waals surface area contributed by atoms with Gasteiger partial charge in [0.15, 0.2) is 12.4 Å². The maximum Gasteiger partial charge on any atom is 0.311 e. The summed E-state index contributed by atoms with van der Waals surface area (Å²) in [4.78, 5) is 26.4. The molecule has 1 aromatic rings. The number of carbonyl (C=O) groups is 2. The second-order valence-electron chi connectivity index (χ2n) is 7.36. The lowest BCUT2D eigenvalue weighted by Crippen LogP contribution is -2.43. The SMILES string of the molecule is CCC(CC)NC(=O)COC(=O)[C@H]1CCCN(C2=NS(=O)(=O)c3ccccc32)C1. The van der Waals surface area contributed by atoms with Gasteiger partial charge in [-0.25, -0.2) is 0 Å².